The number of ether oxygens (including phenoxy) is 1. The van der Waals surface area contributed by atoms with E-state index in [1.165, 1.54) is 25.4 Å². The topological polar surface area (TPSA) is 48.1 Å². The maximum Gasteiger partial charge on any atom is 0.396 e. The molecule has 6 heteroatoms. The molecule has 0 radical (unpaired) electrons. The zero-order valence-electron chi connectivity index (χ0n) is 8.08. The molecule has 0 saturated heterocycles. The minimum Gasteiger partial charge on any atom is -0.481 e. The minimum atomic E-state index is -4.35. The number of aromatic nitrogens is 1. The standard InChI is InChI=1S/C9H11F3N2O/c1-15-8-4-6(2-3-14-8)7(5-13)9(10,11)12/h2-4,7H,5,13H2,1H3. The molecule has 15 heavy (non-hydrogen) atoms. The minimum absolute atomic E-state index is 0.0665. The normalized spacial score (nSPS) is 13.7. The summed E-state index contributed by atoms with van der Waals surface area (Å²) in [6, 6.07) is 2.53. The Morgan fingerprint density at radius 3 is 2.67 bits per heavy atom. The zero-order valence-corrected chi connectivity index (χ0v) is 8.08. The van der Waals surface area contributed by atoms with E-state index in [4.69, 9.17) is 10.5 Å². The average molecular weight is 220 g/mol. The lowest BCUT2D eigenvalue weighted by atomic mass is 10.00. The van der Waals surface area contributed by atoms with E-state index >= 15 is 0 Å². The summed E-state index contributed by atoms with van der Waals surface area (Å²) < 4.78 is 42.2. The van der Waals surface area contributed by atoms with Crippen molar-refractivity contribution < 1.29 is 17.9 Å². The Balaban J connectivity index is 3.02. The van der Waals surface area contributed by atoms with Crippen LogP contribution in [-0.2, 0) is 0 Å². The number of methoxy groups -OCH3 is 1. The molecule has 0 aromatic carbocycles. The molecule has 0 aliphatic rings. The van der Waals surface area contributed by atoms with Gasteiger partial charge in [-0.3, -0.25) is 0 Å². The maximum absolute atomic E-state index is 12.5. The molecule has 0 spiro atoms. The number of pyridine rings is 1. The molecule has 0 bridgehead atoms. The molecule has 1 atom stereocenters. The Kier molecular flexibility index (Phi) is 3.52. The Bertz CT molecular complexity index is 327. The Morgan fingerprint density at radius 2 is 2.20 bits per heavy atom. The summed E-state index contributed by atoms with van der Waals surface area (Å²) in [7, 11) is 1.34. The molecule has 84 valence electrons. The smallest absolute Gasteiger partial charge is 0.396 e. The van der Waals surface area contributed by atoms with E-state index in [1.54, 1.807) is 0 Å². The molecular formula is C9H11F3N2O. The summed E-state index contributed by atoms with van der Waals surface area (Å²) in [6.45, 7) is -0.489. The van der Waals surface area contributed by atoms with Crippen LogP contribution in [0.25, 0.3) is 0 Å². The van der Waals surface area contributed by atoms with Gasteiger partial charge in [0, 0.05) is 18.8 Å². The molecule has 0 aliphatic carbocycles. The highest BCUT2D eigenvalue weighted by Crippen LogP contribution is 2.34. The second-order valence-electron chi connectivity index (χ2n) is 2.96. The van der Waals surface area contributed by atoms with Crippen LogP contribution in [0.15, 0.2) is 18.3 Å². The Labute approximate surface area is 85.1 Å². The van der Waals surface area contributed by atoms with E-state index in [0.29, 0.717) is 0 Å². The van der Waals surface area contributed by atoms with E-state index < -0.39 is 18.6 Å². The second kappa shape index (κ2) is 4.48. The van der Waals surface area contributed by atoms with Crippen LogP contribution in [0.3, 0.4) is 0 Å². The van der Waals surface area contributed by atoms with E-state index in [0.717, 1.165) is 0 Å². The summed E-state index contributed by atoms with van der Waals surface area (Å²) >= 11 is 0. The monoisotopic (exact) mass is 220 g/mol. The van der Waals surface area contributed by atoms with Gasteiger partial charge in [-0.25, -0.2) is 4.98 Å². The lowest BCUT2D eigenvalue weighted by molar-refractivity contribution is -0.148. The summed E-state index contributed by atoms with van der Waals surface area (Å²) in [5, 5.41) is 0. The summed E-state index contributed by atoms with van der Waals surface area (Å²) in [5.74, 6) is -1.52. The van der Waals surface area contributed by atoms with Gasteiger partial charge in [-0.1, -0.05) is 0 Å². The van der Waals surface area contributed by atoms with Crippen LogP contribution in [-0.4, -0.2) is 24.8 Å². The molecule has 1 aromatic heterocycles. The molecule has 0 fully saturated rings. The van der Waals surface area contributed by atoms with Crippen molar-refractivity contribution in [1.29, 1.82) is 0 Å². The van der Waals surface area contributed by atoms with Gasteiger partial charge >= 0.3 is 6.18 Å². The molecule has 0 aliphatic heterocycles. The molecule has 0 amide bonds. The van der Waals surface area contributed by atoms with Crippen LogP contribution in [0.2, 0.25) is 0 Å². The van der Waals surface area contributed by atoms with Crippen molar-refractivity contribution in [3.8, 4) is 5.88 Å². The number of halogens is 3. The fourth-order valence-corrected chi connectivity index (χ4v) is 1.21. The summed E-state index contributed by atoms with van der Waals surface area (Å²) in [4.78, 5) is 3.73. The molecule has 2 N–H and O–H groups in total. The van der Waals surface area contributed by atoms with Crippen molar-refractivity contribution >= 4 is 0 Å². The highest BCUT2D eigenvalue weighted by atomic mass is 19.4. The van der Waals surface area contributed by atoms with Crippen LogP contribution in [0.1, 0.15) is 11.5 Å². The molecule has 1 aromatic rings. The van der Waals surface area contributed by atoms with Crippen molar-refractivity contribution in [2.24, 2.45) is 5.73 Å². The van der Waals surface area contributed by atoms with Gasteiger partial charge in [0.25, 0.3) is 0 Å². The Morgan fingerprint density at radius 1 is 1.53 bits per heavy atom. The molecule has 1 heterocycles. The first kappa shape index (κ1) is 11.8. The molecule has 0 saturated carbocycles. The largest absolute Gasteiger partial charge is 0.481 e. The first-order chi connectivity index (χ1) is 6.99. The summed E-state index contributed by atoms with van der Waals surface area (Å²) in [6.07, 6.45) is -3.08. The maximum atomic E-state index is 12.5. The van der Waals surface area contributed by atoms with Crippen LogP contribution < -0.4 is 10.5 Å². The molecule has 1 rings (SSSR count). The van der Waals surface area contributed by atoms with Gasteiger partial charge in [0.1, 0.15) is 0 Å². The van der Waals surface area contributed by atoms with Crippen molar-refractivity contribution in [2.75, 3.05) is 13.7 Å². The predicted octanol–water partition coefficient (Wildman–Crippen LogP) is 1.69. The van der Waals surface area contributed by atoms with E-state index in [-0.39, 0.29) is 11.4 Å². The number of hydrogen-bond donors (Lipinski definition) is 1. The van der Waals surface area contributed by atoms with Crippen molar-refractivity contribution in [3.63, 3.8) is 0 Å². The van der Waals surface area contributed by atoms with Crippen molar-refractivity contribution in [2.45, 2.75) is 12.1 Å². The quantitative estimate of drug-likeness (QED) is 0.843. The second-order valence-corrected chi connectivity index (χ2v) is 2.96. The number of nitrogens with two attached hydrogens (primary N) is 1. The van der Waals surface area contributed by atoms with Crippen molar-refractivity contribution in [1.82, 2.24) is 4.98 Å². The third kappa shape index (κ3) is 2.82. The highest BCUT2D eigenvalue weighted by molar-refractivity contribution is 5.25. The van der Waals surface area contributed by atoms with Crippen LogP contribution in [0.5, 0.6) is 5.88 Å². The van der Waals surface area contributed by atoms with Crippen LogP contribution >= 0.6 is 0 Å². The molecular weight excluding hydrogens is 209 g/mol. The lowest BCUT2D eigenvalue weighted by Crippen LogP contribution is -2.28. The first-order valence-electron chi connectivity index (χ1n) is 4.25. The molecule has 3 nitrogen and oxygen atoms in total. The fourth-order valence-electron chi connectivity index (χ4n) is 1.21. The van der Waals surface area contributed by atoms with E-state index in [2.05, 4.69) is 4.98 Å². The average Bonchev–Trinajstić information content (AvgIpc) is 2.17. The Hall–Kier alpha value is -1.30. The first-order valence-corrected chi connectivity index (χ1v) is 4.25. The van der Waals surface area contributed by atoms with Gasteiger partial charge in [-0.2, -0.15) is 13.2 Å². The fraction of sp³-hybridized carbons (Fsp3) is 0.444. The highest BCUT2D eigenvalue weighted by Gasteiger charge is 2.39. The van der Waals surface area contributed by atoms with Gasteiger partial charge in [0.15, 0.2) is 0 Å². The number of nitrogens with zero attached hydrogens (tertiary/aromatic N) is 1. The number of hydrogen-bond acceptors (Lipinski definition) is 3. The van der Waals surface area contributed by atoms with Gasteiger partial charge < -0.3 is 10.5 Å². The van der Waals surface area contributed by atoms with Gasteiger partial charge in [-0.05, 0) is 11.6 Å². The lowest BCUT2D eigenvalue weighted by Gasteiger charge is -2.18. The van der Waals surface area contributed by atoms with Gasteiger partial charge in [-0.15, -0.1) is 0 Å². The van der Waals surface area contributed by atoms with Crippen LogP contribution in [0.4, 0.5) is 13.2 Å². The van der Waals surface area contributed by atoms with Gasteiger partial charge in [0.05, 0.1) is 13.0 Å². The van der Waals surface area contributed by atoms with Crippen molar-refractivity contribution in [3.05, 3.63) is 23.9 Å². The SMILES string of the molecule is COc1cc(C(CN)C(F)(F)F)ccn1. The number of rotatable bonds is 3. The van der Waals surface area contributed by atoms with Crippen LogP contribution in [0, 0.1) is 0 Å². The molecule has 1 unspecified atom stereocenters. The predicted molar refractivity (Wildman–Crippen MR) is 48.6 cm³/mol. The van der Waals surface area contributed by atoms with E-state index in [9.17, 15) is 13.2 Å². The third-order valence-electron chi connectivity index (χ3n) is 2.00. The number of alkyl halides is 3. The zero-order chi connectivity index (χ0) is 11.5. The summed E-state index contributed by atoms with van der Waals surface area (Å²) in [5.41, 5.74) is 5.17. The van der Waals surface area contributed by atoms with Gasteiger partial charge in [0.2, 0.25) is 5.88 Å². The third-order valence-corrected chi connectivity index (χ3v) is 2.00. The van der Waals surface area contributed by atoms with E-state index in [1.807, 2.05) is 0 Å².